The fourth-order valence-corrected chi connectivity index (χ4v) is 1.12. The van der Waals surface area contributed by atoms with Crippen LogP contribution in [0, 0.1) is 10.1 Å². The van der Waals surface area contributed by atoms with Crippen molar-refractivity contribution >= 4 is 17.3 Å². The van der Waals surface area contributed by atoms with Crippen molar-refractivity contribution in [1.29, 1.82) is 0 Å². The van der Waals surface area contributed by atoms with Gasteiger partial charge < -0.3 is 4.74 Å². The molecule has 0 aliphatic rings. The van der Waals surface area contributed by atoms with Gasteiger partial charge in [0, 0.05) is 11.0 Å². The van der Waals surface area contributed by atoms with E-state index in [4.69, 9.17) is 5.53 Å². The molecule has 0 N–H and O–H groups in total. The lowest BCUT2D eigenvalue weighted by Crippen LogP contribution is -2.05. The fourth-order valence-electron chi connectivity index (χ4n) is 1.12. The van der Waals surface area contributed by atoms with Crippen molar-refractivity contribution in [3.05, 3.63) is 44.3 Å². The zero-order valence-corrected chi connectivity index (χ0v) is 8.15. The summed E-state index contributed by atoms with van der Waals surface area (Å²) in [7, 11) is 1.08. The Hall–Kier alpha value is -2.60. The number of carbonyl (C=O) groups is 1. The van der Waals surface area contributed by atoms with Gasteiger partial charge in [0.15, 0.2) is 0 Å². The molecule has 0 saturated heterocycles. The number of nitrogens with zero attached hydrogens (tertiary/aromatic N) is 4. The van der Waals surface area contributed by atoms with Gasteiger partial charge in [-0.15, -0.1) is 0 Å². The molecule has 0 aromatic heterocycles. The molecule has 0 heterocycles. The van der Waals surface area contributed by atoms with E-state index in [2.05, 4.69) is 14.8 Å². The highest BCUT2D eigenvalue weighted by Crippen LogP contribution is 2.29. The molecule has 0 spiro atoms. The minimum absolute atomic E-state index is 0.136. The average Bonchev–Trinajstić information content (AvgIpc) is 2.28. The Morgan fingerprint density at radius 1 is 1.62 bits per heavy atom. The van der Waals surface area contributed by atoms with E-state index in [1.165, 1.54) is 12.1 Å². The van der Waals surface area contributed by atoms with Crippen LogP contribution < -0.4 is 0 Å². The molecule has 0 amide bonds. The number of rotatable bonds is 3. The van der Waals surface area contributed by atoms with Crippen LogP contribution in [-0.2, 0) is 4.74 Å². The number of nitro benzene ring substituents is 1. The molecule has 0 saturated carbocycles. The number of ether oxygens (including phenoxy) is 1. The molecule has 0 aliphatic carbocycles. The summed E-state index contributed by atoms with van der Waals surface area (Å²) in [5.74, 6) is -0.922. The summed E-state index contributed by atoms with van der Waals surface area (Å²) in [5.41, 5.74) is 7.31. The first-order valence-electron chi connectivity index (χ1n) is 4.02. The minimum Gasteiger partial charge on any atom is -0.465 e. The first-order chi connectivity index (χ1) is 7.61. The lowest BCUT2D eigenvalue weighted by atomic mass is 10.1. The maximum absolute atomic E-state index is 11.3. The highest BCUT2D eigenvalue weighted by Gasteiger charge is 2.23. The first-order valence-corrected chi connectivity index (χ1v) is 4.02. The van der Waals surface area contributed by atoms with E-state index < -0.39 is 16.6 Å². The van der Waals surface area contributed by atoms with Crippen LogP contribution in [0.15, 0.2) is 23.3 Å². The number of benzene rings is 1. The van der Waals surface area contributed by atoms with Crippen molar-refractivity contribution in [2.75, 3.05) is 7.11 Å². The molecule has 0 unspecified atom stereocenters. The molecule has 0 radical (unpaired) electrons. The number of carbonyl (C=O) groups excluding carboxylic acids is 1. The maximum Gasteiger partial charge on any atom is 0.345 e. The van der Waals surface area contributed by atoms with Gasteiger partial charge in [0.05, 0.1) is 17.7 Å². The van der Waals surface area contributed by atoms with Gasteiger partial charge in [-0.2, -0.15) is 0 Å². The summed E-state index contributed by atoms with van der Waals surface area (Å²) in [6, 6.07) is 3.73. The van der Waals surface area contributed by atoms with Crippen molar-refractivity contribution < 1.29 is 14.5 Å². The largest absolute Gasteiger partial charge is 0.465 e. The molecular formula is C8H6N4O4. The van der Waals surface area contributed by atoms with Gasteiger partial charge in [-0.1, -0.05) is 17.2 Å². The molecule has 1 aromatic rings. The SMILES string of the molecule is COC(=O)c1c(N=[N+]=[N-])cccc1[N+](=O)[O-]. The summed E-state index contributed by atoms with van der Waals surface area (Å²) >= 11 is 0. The average molecular weight is 222 g/mol. The molecule has 16 heavy (non-hydrogen) atoms. The highest BCUT2D eigenvalue weighted by atomic mass is 16.6. The van der Waals surface area contributed by atoms with Crippen molar-refractivity contribution in [3.63, 3.8) is 0 Å². The Morgan fingerprint density at radius 2 is 2.31 bits per heavy atom. The zero-order chi connectivity index (χ0) is 12.1. The van der Waals surface area contributed by atoms with E-state index in [1.807, 2.05) is 0 Å². The Morgan fingerprint density at radius 3 is 2.81 bits per heavy atom. The van der Waals surface area contributed by atoms with Gasteiger partial charge >= 0.3 is 5.97 Å². The standard InChI is InChI=1S/C8H6N4O4/c1-16-8(13)7-5(10-11-9)3-2-4-6(7)12(14)15/h2-4H,1H3. The molecule has 82 valence electrons. The van der Waals surface area contributed by atoms with Crippen LogP contribution in [0.2, 0.25) is 0 Å². The molecule has 0 aliphatic heterocycles. The Kier molecular flexibility index (Phi) is 3.41. The van der Waals surface area contributed by atoms with E-state index >= 15 is 0 Å². The Balaban J connectivity index is 3.52. The van der Waals surface area contributed by atoms with E-state index in [0.29, 0.717) is 0 Å². The highest BCUT2D eigenvalue weighted by molar-refractivity contribution is 5.99. The van der Waals surface area contributed by atoms with E-state index in [1.54, 1.807) is 0 Å². The van der Waals surface area contributed by atoms with Crippen molar-refractivity contribution in [2.24, 2.45) is 5.11 Å². The number of methoxy groups -OCH3 is 1. The summed E-state index contributed by atoms with van der Waals surface area (Å²) in [6.07, 6.45) is 0. The molecule has 1 rings (SSSR count). The van der Waals surface area contributed by atoms with Crippen LogP contribution in [0.4, 0.5) is 11.4 Å². The molecule has 0 fully saturated rings. The van der Waals surface area contributed by atoms with Crippen LogP contribution in [-0.4, -0.2) is 18.0 Å². The summed E-state index contributed by atoms with van der Waals surface area (Å²) in [6.45, 7) is 0. The molecular weight excluding hydrogens is 216 g/mol. The normalized spacial score (nSPS) is 9.06. The monoisotopic (exact) mass is 222 g/mol. The first kappa shape index (κ1) is 11.5. The number of nitro groups is 1. The van der Waals surface area contributed by atoms with Gasteiger partial charge in [-0.25, -0.2) is 4.79 Å². The number of esters is 1. The molecule has 0 atom stereocenters. The lowest BCUT2D eigenvalue weighted by Gasteiger charge is -2.03. The van der Waals surface area contributed by atoms with Gasteiger partial charge in [0.25, 0.3) is 5.69 Å². The van der Waals surface area contributed by atoms with Crippen LogP contribution >= 0.6 is 0 Å². The second-order valence-corrected chi connectivity index (χ2v) is 2.61. The second-order valence-electron chi connectivity index (χ2n) is 2.61. The van der Waals surface area contributed by atoms with Crippen LogP contribution in [0.5, 0.6) is 0 Å². The molecule has 8 heteroatoms. The third kappa shape index (κ3) is 2.07. The predicted molar refractivity (Wildman–Crippen MR) is 53.2 cm³/mol. The van der Waals surface area contributed by atoms with Crippen LogP contribution in [0.25, 0.3) is 10.4 Å². The van der Waals surface area contributed by atoms with E-state index in [9.17, 15) is 14.9 Å². The van der Waals surface area contributed by atoms with E-state index in [0.717, 1.165) is 13.2 Å². The summed E-state index contributed by atoms with van der Waals surface area (Å²) < 4.78 is 4.39. The Bertz CT molecular complexity index is 473. The summed E-state index contributed by atoms with van der Waals surface area (Å²) in [4.78, 5) is 23.7. The van der Waals surface area contributed by atoms with Crippen molar-refractivity contribution in [2.45, 2.75) is 0 Å². The number of azide groups is 1. The molecule has 8 nitrogen and oxygen atoms in total. The third-order valence-corrected chi connectivity index (χ3v) is 1.76. The smallest absolute Gasteiger partial charge is 0.345 e. The minimum atomic E-state index is -0.922. The van der Waals surface area contributed by atoms with E-state index in [-0.39, 0.29) is 11.3 Å². The van der Waals surface area contributed by atoms with Gasteiger partial charge in [-0.3, -0.25) is 10.1 Å². The molecule has 1 aromatic carbocycles. The van der Waals surface area contributed by atoms with Crippen molar-refractivity contribution in [1.82, 2.24) is 0 Å². The summed E-state index contributed by atoms with van der Waals surface area (Å²) in [5, 5.41) is 13.9. The third-order valence-electron chi connectivity index (χ3n) is 1.76. The quantitative estimate of drug-likeness (QED) is 0.194. The maximum atomic E-state index is 11.3. The number of hydrogen-bond donors (Lipinski definition) is 0. The molecule has 0 bridgehead atoms. The number of hydrogen-bond acceptors (Lipinski definition) is 5. The topological polar surface area (TPSA) is 118 Å². The van der Waals surface area contributed by atoms with Crippen molar-refractivity contribution in [3.8, 4) is 0 Å². The van der Waals surface area contributed by atoms with Gasteiger partial charge in [0.2, 0.25) is 0 Å². The zero-order valence-electron chi connectivity index (χ0n) is 8.15. The van der Waals surface area contributed by atoms with Gasteiger partial charge in [0.1, 0.15) is 5.56 Å². The van der Waals surface area contributed by atoms with Crippen LogP contribution in [0.1, 0.15) is 10.4 Å². The Labute approximate surface area is 89.2 Å². The fraction of sp³-hybridized carbons (Fsp3) is 0.125. The van der Waals surface area contributed by atoms with Crippen LogP contribution in [0.3, 0.4) is 0 Å². The lowest BCUT2D eigenvalue weighted by molar-refractivity contribution is -0.385. The second kappa shape index (κ2) is 4.76. The van der Waals surface area contributed by atoms with Gasteiger partial charge in [-0.05, 0) is 5.53 Å². The predicted octanol–water partition coefficient (Wildman–Crippen LogP) is 2.32.